The molecular formula is C19H34O6. The molecule has 0 fully saturated rings. The van der Waals surface area contributed by atoms with Crippen LogP contribution in [0.25, 0.3) is 0 Å². The standard InChI is InChI=1S/C10H18O3.C9H16O3/c1-3-5-6-7-8-9(11)10(12)13-4-2;1-3-4-5-6-7-8(10)9(11)12-2/h3-8H2,1-2H3;3-7H2,1-2H3. The fourth-order valence-electron chi connectivity index (χ4n) is 1.95. The number of Topliss-reactive ketones (excluding diaryl/α,β-unsaturated/α-hetero) is 2. The van der Waals surface area contributed by atoms with E-state index in [2.05, 4.69) is 23.3 Å². The Labute approximate surface area is 151 Å². The van der Waals surface area contributed by atoms with Crippen molar-refractivity contribution in [1.29, 1.82) is 0 Å². The predicted octanol–water partition coefficient (Wildman–Crippen LogP) is 3.79. The zero-order valence-corrected chi connectivity index (χ0v) is 16.2. The highest BCUT2D eigenvalue weighted by Gasteiger charge is 2.13. The van der Waals surface area contributed by atoms with Crippen LogP contribution in [0.4, 0.5) is 0 Å². The quantitative estimate of drug-likeness (QED) is 0.283. The van der Waals surface area contributed by atoms with E-state index in [4.69, 9.17) is 0 Å². The smallest absolute Gasteiger partial charge is 0.374 e. The average Bonchev–Trinajstić information content (AvgIpc) is 2.62. The van der Waals surface area contributed by atoms with Crippen molar-refractivity contribution in [1.82, 2.24) is 0 Å². The summed E-state index contributed by atoms with van der Waals surface area (Å²) in [7, 11) is 1.23. The van der Waals surface area contributed by atoms with E-state index in [1.54, 1.807) is 6.92 Å². The molecule has 0 atom stereocenters. The second kappa shape index (κ2) is 18.6. The molecule has 0 heterocycles. The molecule has 146 valence electrons. The van der Waals surface area contributed by atoms with Gasteiger partial charge in [0.1, 0.15) is 0 Å². The number of hydrogen-bond acceptors (Lipinski definition) is 6. The highest BCUT2D eigenvalue weighted by atomic mass is 16.5. The van der Waals surface area contributed by atoms with E-state index in [0.29, 0.717) is 12.8 Å². The summed E-state index contributed by atoms with van der Waals surface area (Å²) in [5.74, 6) is -2.20. The minimum Gasteiger partial charge on any atom is -0.463 e. The summed E-state index contributed by atoms with van der Waals surface area (Å²) in [6.45, 7) is 6.18. The van der Waals surface area contributed by atoms with Crippen LogP contribution in [-0.2, 0) is 28.7 Å². The first-order valence-corrected chi connectivity index (χ1v) is 9.25. The van der Waals surface area contributed by atoms with Crippen molar-refractivity contribution >= 4 is 23.5 Å². The van der Waals surface area contributed by atoms with E-state index in [-0.39, 0.29) is 6.61 Å². The van der Waals surface area contributed by atoms with Crippen LogP contribution in [0.15, 0.2) is 0 Å². The van der Waals surface area contributed by atoms with Gasteiger partial charge < -0.3 is 9.47 Å². The van der Waals surface area contributed by atoms with Crippen molar-refractivity contribution in [3.05, 3.63) is 0 Å². The number of ketones is 2. The zero-order valence-electron chi connectivity index (χ0n) is 16.2. The van der Waals surface area contributed by atoms with E-state index in [9.17, 15) is 19.2 Å². The third-order valence-corrected chi connectivity index (χ3v) is 3.43. The van der Waals surface area contributed by atoms with Gasteiger partial charge in [-0.1, -0.05) is 52.4 Å². The fourth-order valence-corrected chi connectivity index (χ4v) is 1.95. The first kappa shape index (κ1) is 25.5. The third kappa shape index (κ3) is 16.9. The molecule has 0 amide bonds. The Balaban J connectivity index is 0. The van der Waals surface area contributed by atoms with Crippen LogP contribution in [0.3, 0.4) is 0 Å². The number of rotatable bonds is 13. The molecule has 25 heavy (non-hydrogen) atoms. The summed E-state index contributed by atoms with van der Waals surface area (Å²) < 4.78 is 8.85. The molecule has 0 spiro atoms. The molecule has 0 saturated heterocycles. The van der Waals surface area contributed by atoms with Gasteiger partial charge in [-0.15, -0.1) is 0 Å². The average molecular weight is 358 g/mol. The summed E-state index contributed by atoms with van der Waals surface area (Å²) >= 11 is 0. The Morgan fingerprint density at radius 3 is 1.44 bits per heavy atom. The van der Waals surface area contributed by atoms with Crippen LogP contribution in [0, 0.1) is 0 Å². The number of carbonyl (C=O) groups excluding carboxylic acids is 4. The lowest BCUT2D eigenvalue weighted by Crippen LogP contribution is -2.16. The van der Waals surface area contributed by atoms with Crippen LogP contribution in [0.1, 0.15) is 85.0 Å². The second-order valence-corrected chi connectivity index (χ2v) is 5.68. The topological polar surface area (TPSA) is 86.7 Å². The van der Waals surface area contributed by atoms with Crippen LogP contribution in [0.5, 0.6) is 0 Å². The third-order valence-electron chi connectivity index (χ3n) is 3.43. The van der Waals surface area contributed by atoms with Gasteiger partial charge in [0.05, 0.1) is 13.7 Å². The normalized spacial score (nSPS) is 9.60. The van der Waals surface area contributed by atoms with Gasteiger partial charge in [-0.05, 0) is 19.8 Å². The number of esters is 2. The lowest BCUT2D eigenvalue weighted by Gasteiger charge is -2.00. The van der Waals surface area contributed by atoms with Crippen LogP contribution in [0.2, 0.25) is 0 Å². The Bertz CT molecular complexity index is 389. The lowest BCUT2D eigenvalue weighted by atomic mass is 10.1. The van der Waals surface area contributed by atoms with E-state index in [1.165, 1.54) is 7.11 Å². The van der Waals surface area contributed by atoms with Crippen molar-refractivity contribution in [3.8, 4) is 0 Å². The first-order valence-electron chi connectivity index (χ1n) is 9.25. The fraction of sp³-hybridized carbons (Fsp3) is 0.789. The Morgan fingerprint density at radius 2 is 1.08 bits per heavy atom. The van der Waals surface area contributed by atoms with Gasteiger partial charge in [-0.3, -0.25) is 9.59 Å². The molecule has 6 nitrogen and oxygen atoms in total. The molecule has 0 aromatic heterocycles. The summed E-state index contributed by atoms with van der Waals surface area (Å²) in [5, 5.41) is 0. The molecular weight excluding hydrogens is 324 g/mol. The largest absolute Gasteiger partial charge is 0.463 e. The van der Waals surface area contributed by atoms with Crippen LogP contribution < -0.4 is 0 Å². The Hall–Kier alpha value is -1.72. The molecule has 0 aromatic rings. The van der Waals surface area contributed by atoms with E-state index in [0.717, 1.165) is 51.4 Å². The summed E-state index contributed by atoms with van der Waals surface area (Å²) in [6.07, 6.45) is 8.78. The maximum atomic E-state index is 11.0. The van der Waals surface area contributed by atoms with Gasteiger partial charge in [0.15, 0.2) is 0 Å². The van der Waals surface area contributed by atoms with Gasteiger partial charge in [-0.2, -0.15) is 0 Å². The second-order valence-electron chi connectivity index (χ2n) is 5.68. The maximum Gasteiger partial charge on any atom is 0.374 e. The van der Waals surface area contributed by atoms with Crippen molar-refractivity contribution in [2.75, 3.05) is 13.7 Å². The van der Waals surface area contributed by atoms with Crippen molar-refractivity contribution in [3.63, 3.8) is 0 Å². The number of carbonyl (C=O) groups is 4. The highest BCUT2D eigenvalue weighted by molar-refractivity contribution is 6.33. The molecule has 0 unspecified atom stereocenters. The SMILES string of the molecule is CCCCCCC(=O)C(=O)OC.CCCCCCC(=O)C(=O)OCC. The molecule has 0 rings (SSSR count). The van der Waals surface area contributed by atoms with Crippen molar-refractivity contribution in [2.45, 2.75) is 85.0 Å². The summed E-state index contributed by atoms with van der Waals surface area (Å²) in [5.41, 5.74) is 0. The summed E-state index contributed by atoms with van der Waals surface area (Å²) in [4.78, 5) is 43.3. The first-order chi connectivity index (χ1) is 11.9. The monoisotopic (exact) mass is 358 g/mol. The van der Waals surface area contributed by atoms with E-state index in [1.807, 2.05) is 0 Å². The number of hydrogen-bond donors (Lipinski definition) is 0. The minimum absolute atomic E-state index is 0.277. The predicted molar refractivity (Wildman–Crippen MR) is 96.2 cm³/mol. The number of methoxy groups -OCH3 is 1. The molecule has 0 N–H and O–H groups in total. The molecule has 0 aliphatic heterocycles. The molecule has 6 heteroatoms. The van der Waals surface area contributed by atoms with Gasteiger partial charge >= 0.3 is 11.9 Å². The lowest BCUT2D eigenvalue weighted by molar-refractivity contribution is -0.153. The van der Waals surface area contributed by atoms with E-state index < -0.39 is 23.5 Å². The molecule has 0 aliphatic rings. The van der Waals surface area contributed by atoms with E-state index >= 15 is 0 Å². The van der Waals surface area contributed by atoms with Gasteiger partial charge in [0.25, 0.3) is 0 Å². The highest BCUT2D eigenvalue weighted by Crippen LogP contribution is 2.04. The number of ether oxygens (including phenoxy) is 2. The van der Waals surface area contributed by atoms with Gasteiger partial charge in [-0.25, -0.2) is 9.59 Å². The van der Waals surface area contributed by atoms with Crippen LogP contribution >= 0.6 is 0 Å². The Morgan fingerprint density at radius 1 is 0.640 bits per heavy atom. The van der Waals surface area contributed by atoms with Crippen molar-refractivity contribution < 1.29 is 28.7 Å². The number of unbranched alkanes of at least 4 members (excludes halogenated alkanes) is 6. The molecule has 0 radical (unpaired) electrons. The molecule has 0 saturated carbocycles. The molecule has 0 aliphatic carbocycles. The molecule has 0 aromatic carbocycles. The minimum atomic E-state index is -0.716. The zero-order chi connectivity index (χ0) is 19.5. The van der Waals surface area contributed by atoms with Gasteiger partial charge in [0.2, 0.25) is 11.6 Å². The summed E-state index contributed by atoms with van der Waals surface area (Å²) in [6, 6.07) is 0. The Kier molecular flexibility index (Phi) is 19.0. The molecule has 0 bridgehead atoms. The van der Waals surface area contributed by atoms with Gasteiger partial charge in [0, 0.05) is 12.8 Å². The van der Waals surface area contributed by atoms with Crippen LogP contribution in [-0.4, -0.2) is 37.2 Å². The van der Waals surface area contributed by atoms with Crippen molar-refractivity contribution in [2.24, 2.45) is 0 Å². The maximum absolute atomic E-state index is 11.0.